The summed E-state index contributed by atoms with van der Waals surface area (Å²) in [6.45, 7) is 5.12. The molecule has 0 nitrogen and oxygen atoms in total. The lowest BCUT2D eigenvalue weighted by Crippen LogP contribution is -2.08. The van der Waals surface area contributed by atoms with Crippen LogP contribution in [0.15, 0.2) is 42.5 Å². The molecule has 0 aliphatic heterocycles. The summed E-state index contributed by atoms with van der Waals surface area (Å²) < 4.78 is 14.0. The molecule has 0 bridgehead atoms. The largest absolute Gasteiger partial charge is 0.239 e. The van der Waals surface area contributed by atoms with Gasteiger partial charge >= 0.3 is 0 Å². The van der Waals surface area contributed by atoms with E-state index in [9.17, 15) is 4.39 Å². The Morgan fingerprint density at radius 1 is 0.950 bits per heavy atom. The summed E-state index contributed by atoms with van der Waals surface area (Å²) in [6, 6.07) is 13.6. The van der Waals surface area contributed by atoms with E-state index in [-0.39, 0.29) is 0 Å². The normalized spacial score (nSPS) is 12.1. The predicted molar refractivity (Wildman–Crippen MR) is 85.7 cm³/mol. The molecule has 0 N–H and O–H groups in total. The van der Waals surface area contributed by atoms with Crippen LogP contribution in [0.2, 0.25) is 5.02 Å². The summed E-state index contributed by atoms with van der Waals surface area (Å²) >= 11 is 6.06. The van der Waals surface area contributed by atoms with Crippen LogP contribution in [-0.2, 0) is 5.67 Å². The van der Waals surface area contributed by atoms with E-state index in [1.807, 2.05) is 24.3 Å². The van der Waals surface area contributed by atoms with Crippen molar-refractivity contribution in [2.75, 3.05) is 0 Å². The summed E-state index contributed by atoms with van der Waals surface area (Å²) in [6.07, 6.45) is 3.95. The third-order valence-electron chi connectivity index (χ3n) is 3.15. The highest BCUT2D eigenvalue weighted by atomic mass is 35.5. The average Bonchev–Trinajstić information content (AvgIpc) is 2.36. The minimum atomic E-state index is -1.39. The number of aryl methyl sites for hydroxylation is 1. The zero-order valence-corrected chi connectivity index (χ0v) is 12.7. The number of hydrogen-bond acceptors (Lipinski definition) is 0. The van der Waals surface area contributed by atoms with Gasteiger partial charge in [0.15, 0.2) is 0 Å². The van der Waals surface area contributed by atoms with Gasteiger partial charge in [0.25, 0.3) is 0 Å². The zero-order valence-electron chi connectivity index (χ0n) is 12.0. The molecule has 20 heavy (non-hydrogen) atoms. The molecule has 2 heteroatoms. The van der Waals surface area contributed by atoms with E-state index in [1.165, 1.54) is 19.4 Å². The first-order valence-electron chi connectivity index (χ1n) is 6.59. The maximum absolute atomic E-state index is 14.0. The van der Waals surface area contributed by atoms with Crippen LogP contribution in [0.25, 0.3) is 12.2 Å². The van der Waals surface area contributed by atoms with E-state index < -0.39 is 5.67 Å². The molecule has 0 aliphatic carbocycles. The molecular formula is C18H18ClF. The van der Waals surface area contributed by atoms with Crippen molar-refractivity contribution in [1.29, 1.82) is 0 Å². The Morgan fingerprint density at radius 3 is 2.15 bits per heavy atom. The molecule has 0 aliphatic rings. The van der Waals surface area contributed by atoms with Crippen LogP contribution in [0.3, 0.4) is 0 Å². The van der Waals surface area contributed by atoms with Crippen LogP contribution in [0.1, 0.15) is 36.1 Å². The van der Waals surface area contributed by atoms with Crippen molar-refractivity contribution in [2.45, 2.75) is 26.4 Å². The van der Waals surface area contributed by atoms with Crippen LogP contribution >= 0.6 is 11.6 Å². The molecule has 0 unspecified atom stereocenters. The molecule has 2 aromatic rings. The van der Waals surface area contributed by atoms with Gasteiger partial charge in [0.2, 0.25) is 0 Å². The van der Waals surface area contributed by atoms with Crippen LogP contribution in [-0.4, -0.2) is 0 Å². The van der Waals surface area contributed by atoms with Crippen molar-refractivity contribution in [2.24, 2.45) is 0 Å². The quantitative estimate of drug-likeness (QED) is 0.606. The molecule has 2 rings (SSSR count). The van der Waals surface area contributed by atoms with E-state index in [0.29, 0.717) is 10.6 Å². The lowest BCUT2D eigenvalue weighted by atomic mass is 9.98. The summed E-state index contributed by atoms with van der Waals surface area (Å²) in [5.74, 6) is 0. The highest BCUT2D eigenvalue weighted by Gasteiger charge is 2.19. The first kappa shape index (κ1) is 14.8. The van der Waals surface area contributed by atoms with Crippen LogP contribution < -0.4 is 0 Å². The first-order chi connectivity index (χ1) is 9.34. The number of rotatable bonds is 3. The van der Waals surface area contributed by atoms with Crippen molar-refractivity contribution in [3.63, 3.8) is 0 Å². The summed E-state index contributed by atoms with van der Waals surface area (Å²) in [4.78, 5) is 0. The Labute approximate surface area is 124 Å². The molecule has 0 amide bonds. The Bertz CT molecular complexity index is 619. The number of benzene rings is 2. The molecule has 0 saturated heterocycles. The van der Waals surface area contributed by atoms with Gasteiger partial charge in [-0.15, -0.1) is 0 Å². The fraction of sp³-hybridized carbons (Fsp3) is 0.222. The maximum Gasteiger partial charge on any atom is 0.130 e. The molecule has 104 valence electrons. The molecule has 0 spiro atoms. The van der Waals surface area contributed by atoms with Gasteiger partial charge in [-0.3, -0.25) is 0 Å². The summed E-state index contributed by atoms with van der Waals surface area (Å²) in [5, 5.41) is 0.553. The predicted octanol–water partition coefficient (Wildman–Crippen LogP) is 6.02. The lowest BCUT2D eigenvalue weighted by Gasteiger charge is -2.15. The average molecular weight is 289 g/mol. The van der Waals surface area contributed by atoms with Crippen molar-refractivity contribution >= 4 is 23.8 Å². The number of halogens is 2. The standard InChI is InChI=1S/C18H18ClF/c1-13-4-6-14(7-5-13)8-9-15-10-16(18(2,3)20)12-17(19)11-15/h4-12H,1-3H3/b9-8+. The van der Waals surface area contributed by atoms with Crippen LogP contribution in [0, 0.1) is 6.92 Å². The van der Waals surface area contributed by atoms with Gasteiger partial charge in [-0.2, -0.15) is 0 Å². The maximum atomic E-state index is 14.0. The van der Waals surface area contributed by atoms with E-state index in [1.54, 1.807) is 6.07 Å². The van der Waals surface area contributed by atoms with Gasteiger partial charge in [-0.25, -0.2) is 4.39 Å². The SMILES string of the molecule is Cc1ccc(/C=C/c2cc(Cl)cc(C(C)(C)F)c2)cc1. The third-order valence-corrected chi connectivity index (χ3v) is 3.37. The fourth-order valence-electron chi connectivity index (χ4n) is 1.92. The van der Waals surface area contributed by atoms with Crippen molar-refractivity contribution in [3.8, 4) is 0 Å². The third kappa shape index (κ3) is 3.94. The molecule has 0 heterocycles. The molecular weight excluding hydrogens is 271 g/mol. The monoisotopic (exact) mass is 288 g/mol. The van der Waals surface area contributed by atoms with E-state index >= 15 is 0 Å². The number of alkyl halides is 1. The Hall–Kier alpha value is -1.60. The molecule has 0 aromatic heterocycles. The number of hydrogen-bond donors (Lipinski definition) is 0. The second-order valence-corrected chi connectivity index (χ2v) is 5.93. The molecule has 0 atom stereocenters. The minimum absolute atomic E-state index is 0.553. The first-order valence-corrected chi connectivity index (χ1v) is 6.97. The van der Waals surface area contributed by atoms with Crippen LogP contribution in [0.4, 0.5) is 4.39 Å². The molecule has 0 radical (unpaired) electrons. The highest BCUT2D eigenvalue weighted by molar-refractivity contribution is 6.30. The fourth-order valence-corrected chi connectivity index (χ4v) is 2.17. The van der Waals surface area contributed by atoms with Crippen molar-refractivity contribution in [3.05, 3.63) is 69.7 Å². The Kier molecular flexibility index (Phi) is 4.29. The van der Waals surface area contributed by atoms with Gasteiger partial charge in [-0.05, 0) is 55.7 Å². The summed E-state index contributed by atoms with van der Waals surface area (Å²) in [7, 11) is 0. The van der Waals surface area contributed by atoms with Crippen LogP contribution in [0.5, 0.6) is 0 Å². The van der Waals surface area contributed by atoms with Crippen molar-refractivity contribution < 1.29 is 4.39 Å². The Balaban J connectivity index is 2.29. The molecule has 0 fully saturated rings. The van der Waals surface area contributed by atoms with Gasteiger partial charge in [-0.1, -0.05) is 53.6 Å². The van der Waals surface area contributed by atoms with E-state index in [4.69, 9.17) is 11.6 Å². The van der Waals surface area contributed by atoms with Gasteiger partial charge in [0.05, 0.1) is 0 Å². The van der Waals surface area contributed by atoms with Crippen molar-refractivity contribution in [1.82, 2.24) is 0 Å². The lowest BCUT2D eigenvalue weighted by molar-refractivity contribution is 0.221. The van der Waals surface area contributed by atoms with Gasteiger partial charge < -0.3 is 0 Å². The second-order valence-electron chi connectivity index (χ2n) is 5.49. The van der Waals surface area contributed by atoms with Gasteiger partial charge in [0, 0.05) is 5.02 Å². The van der Waals surface area contributed by atoms with E-state index in [0.717, 1.165) is 11.1 Å². The van der Waals surface area contributed by atoms with Gasteiger partial charge in [0.1, 0.15) is 5.67 Å². The summed E-state index contributed by atoms with van der Waals surface area (Å²) in [5.41, 5.74) is 2.44. The topological polar surface area (TPSA) is 0 Å². The minimum Gasteiger partial charge on any atom is -0.239 e. The smallest absolute Gasteiger partial charge is 0.130 e. The zero-order chi connectivity index (χ0) is 14.8. The molecule has 0 saturated carbocycles. The highest BCUT2D eigenvalue weighted by Crippen LogP contribution is 2.28. The Morgan fingerprint density at radius 2 is 1.55 bits per heavy atom. The molecule has 2 aromatic carbocycles. The van der Waals surface area contributed by atoms with E-state index in [2.05, 4.69) is 31.2 Å². The second kappa shape index (κ2) is 5.80.